The Bertz CT molecular complexity index is 517. The summed E-state index contributed by atoms with van der Waals surface area (Å²) < 4.78 is 5.95. The summed E-state index contributed by atoms with van der Waals surface area (Å²) in [6.07, 6.45) is 3.87. The van der Waals surface area contributed by atoms with Gasteiger partial charge in [-0.3, -0.25) is 9.89 Å². The Morgan fingerprint density at radius 1 is 1.30 bits per heavy atom. The van der Waals surface area contributed by atoms with Gasteiger partial charge < -0.3 is 15.4 Å². The maximum atomic E-state index is 5.95. The van der Waals surface area contributed by atoms with E-state index in [2.05, 4.69) is 39.6 Å². The number of hydrogen-bond donors (Lipinski definition) is 2. The highest BCUT2D eigenvalue weighted by molar-refractivity contribution is 5.79. The Labute approximate surface area is 139 Å². The second-order valence-electron chi connectivity index (χ2n) is 6.29. The molecule has 0 aromatic heterocycles. The Hall–Kier alpha value is -1.75. The largest absolute Gasteiger partial charge is 0.488 e. The minimum Gasteiger partial charge on any atom is -0.488 e. The topological polar surface area (TPSA) is 48.9 Å². The Morgan fingerprint density at radius 2 is 2.13 bits per heavy atom. The third-order valence-corrected chi connectivity index (χ3v) is 4.60. The molecule has 1 fully saturated rings. The van der Waals surface area contributed by atoms with Crippen molar-refractivity contribution in [1.82, 2.24) is 15.5 Å². The van der Waals surface area contributed by atoms with Crippen molar-refractivity contribution in [2.45, 2.75) is 38.3 Å². The number of benzene rings is 1. The average molecular weight is 316 g/mol. The lowest BCUT2D eigenvalue weighted by atomic mass is 10.1. The van der Waals surface area contributed by atoms with Crippen molar-refractivity contribution < 1.29 is 4.74 Å². The number of fused-ring (bicyclic) bond motifs is 1. The molecular formula is C18H28N4O. The third-order valence-electron chi connectivity index (χ3n) is 4.60. The van der Waals surface area contributed by atoms with E-state index in [1.165, 1.54) is 18.4 Å². The molecule has 23 heavy (non-hydrogen) atoms. The van der Waals surface area contributed by atoms with Gasteiger partial charge in [-0.1, -0.05) is 25.1 Å². The standard InChI is InChI=1S/C18H28N4O/c1-3-22(15-8-9-15)11-10-20-18(19-2)21-13-16-12-14-6-4-5-7-17(14)23-16/h4-7,15-16H,3,8-13H2,1-2H3,(H2,19,20,21). The van der Waals surface area contributed by atoms with Crippen LogP contribution in [0.3, 0.4) is 0 Å². The summed E-state index contributed by atoms with van der Waals surface area (Å²) in [5, 5.41) is 6.78. The van der Waals surface area contributed by atoms with Gasteiger partial charge in [0.1, 0.15) is 11.9 Å². The normalized spacial score (nSPS) is 20.3. The first-order chi connectivity index (χ1) is 11.3. The zero-order chi connectivity index (χ0) is 16.1. The summed E-state index contributed by atoms with van der Waals surface area (Å²) >= 11 is 0. The first-order valence-corrected chi connectivity index (χ1v) is 8.73. The van der Waals surface area contributed by atoms with E-state index in [4.69, 9.17) is 4.74 Å². The molecule has 3 rings (SSSR count). The number of nitrogens with zero attached hydrogens (tertiary/aromatic N) is 2. The molecule has 2 aliphatic rings. The third kappa shape index (κ3) is 4.38. The fraction of sp³-hybridized carbons (Fsp3) is 0.611. The van der Waals surface area contributed by atoms with Crippen LogP contribution in [0.2, 0.25) is 0 Å². The molecule has 2 N–H and O–H groups in total. The van der Waals surface area contributed by atoms with Crippen molar-refractivity contribution in [1.29, 1.82) is 0 Å². The number of rotatable bonds is 7. The van der Waals surface area contributed by atoms with Gasteiger partial charge in [0, 0.05) is 32.6 Å². The first-order valence-electron chi connectivity index (χ1n) is 8.73. The van der Waals surface area contributed by atoms with Crippen molar-refractivity contribution in [3.63, 3.8) is 0 Å². The molecule has 0 amide bonds. The molecule has 5 heteroatoms. The van der Waals surface area contributed by atoms with Crippen LogP contribution in [-0.2, 0) is 6.42 Å². The molecule has 5 nitrogen and oxygen atoms in total. The number of nitrogens with one attached hydrogen (secondary N) is 2. The van der Waals surface area contributed by atoms with Gasteiger partial charge in [-0.15, -0.1) is 0 Å². The number of aliphatic imine (C=N–C) groups is 1. The zero-order valence-electron chi connectivity index (χ0n) is 14.2. The van der Waals surface area contributed by atoms with Crippen LogP contribution in [0, 0.1) is 0 Å². The molecule has 1 atom stereocenters. The minimum atomic E-state index is 0.185. The predicted molar refractivity (Wildman–Crippen MR) is 94.2 cm³/mol. The number of guanidine groups is 1. The molecule has 1 aromatic carbocycles. The number of ether oxygens (including phenoxy) is 1. The Kier molecular flexibility index (Phi) is 5.39. The van der Waals surface area contributed by atoms with Crippen molar-refractivity contribution in [3.05, 3.63) is 29.8 Å². The molecule has 1 aromatic rings. The second-order valence-corrected chi connectivity index (χ2v) is 6.29. The summed E-state index contributed by atoms with van der Waals surface area (Å²) in [5.74, 6) is 1.88. The molecule has 0 spiro atoms. The molecule has 1 saturated carbocycles. The maximum absolute atomic E-state index is 5.95. The van der Waals surface area contributed by atoms with Crippen molar-refractivity contribution in [3.8, 4) is 5.75 Å². The highest BCUT2D eigenvalue weighted by atomic mass is 16.5. The van der Waals surface area contributed by atoms with Gasteiger partial charge in [0.15, 0.2) is 5.96 Å². The molecule has 0 saturated heterocycles. The van der Waals surface area contributed by atoms with Crippen molar-refractivity contribution in [2.75, 3.05) is 33.2 Å². The maximum Gasteiger partial charge on any atom is 0.191 e. The lowest BCUT2D eigenvalue weighted by Crippen LogP contribution is -2.45. The lowest BCUT2D eigenvalue weighted by molar-refractivity contribution is 0.234. The van der Waals surface area contributed by atoms with Crippen LogP contribution in [0.5, 0.6) is 5.75 Å². The van der Waals surface area contributed by atoms with Crippen LogP contribution in [0.4, 0.5) is 0 Å². The molecule has 1 unspecified atom stereocenters. The lowest BCUT2D eigenvalue weighted by Gasteiger charge is -2.21. The van der Waals surface area contributed by atoms with E-state index in [-0.39, 0.29) is 6.10 Å². The van der Waals surface area contributed by atoms with Gasteiger partial charge in [-0.2, -0.15) is 0 Å². The quantitative estimate of drug-likeness (QED) is 0.593. The SMILES string of the molecule is CCN(CCNC(=NC)NCC1Cc2ccccc2O1)C1CC1. The number of para-hydroxylation sites is 1. The van der Waals surface area contributed by atoms with Crippen LogP contribution in [0.15, 0.2) is 29.3 Å². The van der Waals surface area contributed by atoms with E-state index in [0.29, 0.717) is 0 Å². The van der Waals surface area contributed by atoms with E-state index in [1.54, 1.807) is 0 Å². The van der Waals surface area contributed by atoms with Gasteiger partial charge in [0.2, 0.25) is 0 Å². The zero-order valence-corrected chi connectivity index (χ0v) is 14.2. The second kappa shape index (κ2) is 7.68. The van der Waals surface area contributed by atoms with Crippen LogP contribution in [0.1, 0.15) is 25.3 Å². The molecule has 1 aliphatic heterocycles. The highest BCUT2D eigenvalue weighted by Gasteiger charge is 2.27. The number of hydrogen-bond acceptors (Lipinski definition) is 3. The molecule has 0 radical (unpaired) electrons. The summed E-state index contributed by atoms with van der Waals surface area (Å²) in [6, 6.07) is 9.09. The van der Waals surface area contributed by atoms with Crippen LogP contribution in [0.25, 0.3) is 0 Å². The molecule has 1 heterocycles. The first kappa shape index (κ1) is 16.1. The number of likely N-dealkylation sites (N-methyl/N-ethyl adjacent to an activating group) is 1. The Balaban J connectivity index is 1.37. The van der Waals surface area contributed by atoms with Crippen molar-refractivity contribution >= 4 is 5.96 Å². The molecule has 1 aliphatic carbocycles. The van der Waals surface area contributed by atoms with E-state index in [9.17, 15) is 0 Å². The van der Waals surface area contributed by atoms with Crippen LogP contribution in [-0.4, -0.2) is 56.2 Å². The summed E-state index contributed by atoms with van der Waals surface area (Å²) in [4.78, 5) is 6.84. The van der Waals surface area contributed by atoms with Gasteiger partial charge in [-0.05, 0) is 31.0 Å². The summed E-state index contributed by atoms with van der Waals surface area (Å²) in [5.41, 5.74) is 1.30. The van der Waals surface area contributed by atoms with Crippen molar-refractivity contribution in [2.24, 2.45) is 4.99 Å². The van der Waals surface area contributed by atoms with Crippen LogP contribution < -0.4 is 15.4 Å². The highest BCUT2D eigenvalue weighted by Crippen LogP contribution is 2.27. The fourth-order valence-corrected chi connectivity index (χ4v) is 3.16. The fourth-order valence-electron chi connectivity index (χ4n) is 3.16. The van der Waals surface area contributed by atoms with Crippen LogP contribution >= 0.6 is 0 Å². The van der Waals surface area contributed by atoms with Gasteiger partial charge in [0.05, 0.1) is 6.54 Å². The molecule has 126 valence electrons. The van der Waals surface area contributed by atoms with Gasteiger partial charge >= 0.3 is 0 Å². The minimum absolute atomic E-state index is 0.185. The van der Waals surface area contributed by atoms with Gasteiger partial charge in [0.25, 0.3) is 0 Å². The Morgan fingerprint density at radius 3 is 2.83 bits per heavy atom. The van der Waals surface area contributed by atoms with E-state index >= 15 is 0 Å². The van der Waals surface area contributed by atoms with E-state index in [0.717, 1.165) is 50.4 Å². The summed E-state index contributed by atoms with van der Waals surface area (Å²) in [6.45, 7) is 6.14. The van der Waals surface area contributed by atoms with E-state index in [1.807, 2.05) is 19.2 Å². The van der Waals surface area contributed by atoms with E-state index < -0.39 is 0 Å². The smallest absolute Gasteiger partial charge is 0.191 e. The summed E-state index contributed by atoms with van der Waals surface area (Å²) in [7, 11) is 1.82. The average Bonchev–Trinajstić information content (AvgIpc) is 3.33. The predicted octanol–water partition coefficient (Wildman–Crippen LogP) is 1.64. The van der Waals surface area contributed by atoms with Gasteiger partial charge in [-0.25, -0.2) is 0 Å². The molecule has 0 bridgehead atoms. The molecular weight excluding hydrogens is 288 g/mol. The monoisotopic (exact) mass is 316 g/mol.